The van der Waals surface area contributed by atoms with E-state index >= 15 is 0 Å². The van der Waals surface area contributed by atoms with Crippen molar-refractivity contribution in [3.8, 4) is 0 Å². The predicted octanol–water partition coefficient (Wildman–Crippen LogP) is 0.768. The van der Waals surface area contributed by atoms with Gasteiger partial charge in [-0.3, -0.25) is 10.2 Å². The van der Waals surface area contributed by atoms with Gasteiger partial charge >= 0.3 is 0 Å². The van der Waals surface area contributed by atoms with Crippen LogP contribution in [-0.4, -0.2) is 12.5 Å². The van der Waals surface area contributed by atoms with Gasteiger partial charge in [-0.25, -0.2) is 5.84 Å². The van der Waals surface area contributed by atoms with Crippen molar-refractivity contribution in [2.24, 2.45) is 22.9 Å². The maximum atomic E-state index is 11.0. The first-order valence-corrected chi connectivity index (χ1v) is 5.11. The molecule has 1 amide bonds. The Bertz CT molecular complexity index is 175. The van der Waals surface area contributed by atoms with Crippen molar-refractivity contribution in [3.05, 3.63) is 0 Å². The van der Waals surface area contributed by atoms with Gasteiger partial charge in [-0.15, -0.1) is 0 Å². The molecule has 0 aromatic rings. The molecule has 0 heterocycles. The highest BCUT2D eigenvalue weighted by molar-refractivity contribution is 5.75. The van der Waals surface area contributed by atoms with Crippen molar-refractivity contribution >= 4 is 5.91 Å². The second-order valence-corrected chi connectivity index (χ2v) is 4.75. The molecule has 0 spiro atoms. The lowest BCUT2D eigenvalue weighted by atomic mass is 9.76. The molecule has 4 nitrogen and oxygen atoms in total. The molecule has 1 unspecified atom stereocenters. The van der Waals surface area contributed by atoms with Gasteiger partial charge in [-0.2, -0.15) is 0 Å². The van der Waals surface area contributed by atoms with Crippen LogP contribution in [0.25, 0.3) is 0 Å². The molecular weight excluding hydrogens is 178 g/mol. The van der Waals surface area contributed by atoms with Gasteiger partial charge in [-0.05, 0) is 30.7 Å². The molecule has 0 aliphatic carbocycles. The van der Waals surface area contributed by atoms with Crippen molar-refractivity contribution in [1.29, 1.82) is 0 Å². The van der Waals surface area contributed by atoms with E-state index in [0.29, 0.717) is 18.9 Å². The molecule has 0 saturated heterocycles. The van der Waals surface area contributed by atoms with Crippen LogP contribution in [0.2, 0.25) is 0 Å². The third-order valence-electron chi connectivity index (χ3n) is 2.62. The smallest absolute Gasteiger partial charge is 0.233 e. The zero-order valence-electron chi connectivity index (χ0n) is 9.47. The van der Waals surface area contributed by atoms with Crippen LogP contribution in [0.3, 0.4) is 0 Å². The number of hydrogen-bond donors (Lipinski definition) is 3. The Balaban J connectivity index is 4.04. The number of hydrogen-bond acceptors (Lipinski definition) is 3. The molecule has 0 rings (SSSR count). The summed E-state index contributed by atoms with van der Waals surface area (Å²) in [7, 11) is 0. The van der Waals surface area contributed by atoms with Gasteiger partial charge in [0.25, 0.3) is 0 Å². The lowest BCUT2D eigenvalue weighted by Crippen LogP contribution is -2.31. The van der Waals surface area contributed by atoms with E-state index in [1.165, 1.54) is 0 Å². The second-order valence-electron chi connectivity index (χ2n) is 4.75. The minimum absolute atomic E-state index is 0.101. The van der Waals surface area contributed by atoms with Gasteiger partial charge < -0.3 is 5.73 Å². The minimum Gasteiger partial charge on any atom is -0.330 e. The quantitative estimate of drug-likeness (QED) is 0.349. The van der Waals surface area contributed by atoms with E-state index in [4.69, 9.17) is 11.6 Å². The monoisotopic (exact) mass is 201 g/mol. The van der Waals surface area contributed by atoms with E-state index < -0.39 is 0 Å². The summed E-state index contributed by atoms with van der Waals surface area (Å²) in [6, 6.07) is 0. The minimum atomic E-state index is -0.101. The number of nitrogens with two attached hydrogens (primary N) is 2. The highest BCUT2D eigenvalue weighted by Crippen LogP contribution is 2.31. The largest absolute Gasteiger partial charge is 0.330 e. The highest BCUT2D eigenvalue weighted by Gasteiger charge is 2.23. The lowest BCUT2D eigenvalue weighted by Gasteiger charge is -2.30. The SMILES string of the molecule is CC(C)(C)C(CCN)CCC(=O)NN. The predicted molar refractivity (Wildman–Crippen MR) is 58.2 cm³/mol. The maximum Gasteiger partial charge on any atom is 0.233 e. The fourth-order valence-corrected chi connectivity index (χ4v) is 1.59. The van der Waals surface area contributed by atoms with Crippen LogP contribution in [0.4, 0.5) is 0 Å². The summed E-state index contributed by atoms with van der Waals surface area (Å²) in [6.45, 7) is 7.20. The van der Waals surface area contributed by atoms with Crippen LogP contribution in [0.1, 0.15) is 40.0 Å². The van der Waals surface area contributed by atoms with Crippen molar-refractivity contribution in [3.63, 3.8) is 0 Å². The standard InChI is InChI=1S/C10H23N3O/c1-10(2,3)8(6-7-11)4-5-9(14)13-12/h8H,4-7,11-12H2,1-3H3,(H,13,14). The van der Waals surface area contributed by atoms with E-state index in [1.807, 2.05) is 0 Å². The van der Waals surface area contributed by atoms with Crippen LogP contribution in [0.15, 0.2) is 0 Å². The third-order valence-corrected chi connectivity index (χ3v) is 2.62. The Kier molecular flexibility index (Phi) is 5.72. The number of rotatable bonds is 5. The summed E-state index contributed by atoms with van der Waals surface area (Å²) >= 11 is 0. The Morgan fingerprint density at radius 3 is 2.29 bits per heavy atom. The normalized spacial score (nSPS) is 13.8. The van der Waals surface area contributed by atoms with E-state index in [-0.39, 0.29) is 11.3 Å². The lowest BCUT2D eigenvalue weighted by molar-refractivity contribution is -0.121. The first-order chi connectivity index (χ1) is 6.41. The van der Waals surface area contributed by atoms with Crippen LogP contribution < -0.4 is 17.0 Å². The summed E-state index contributed by atoms with van der Waals surface area (Å²) in [5.41, 5.74) is 7.89. The van der Waals surface area contributed by atoms with Crippen molar-refractivity contribution in [1.82, 2.24) is 5.43 Å². The first kappa shape index (κ1) is 13.4. The molecule has 4 heteroatoms. The molecule has 14 heavy (non-hydrogen) atoms. The molecule has 0 aromatic heterocycles. The first-order valence-electron chi connectivity index (χ1n) is 5.11. The molecule has 0 aliphatic rings. The van der Waals surface area contributed by atoms with E-state index in [0.717, 1.165) is 12.8 Å². The van der Waals surface area contributed by atoms with Crippen molar-refractivity contribution < 1.29 is 4.79 Å². The molecule has 0 bridgehead atoms. The van der Waals surface area contributed by atoms with Gasteiger partial charge in [0.05, 0.1) is 0 Å². The number of amides is 1. The topological polar surface area (TPSA) is 81.1 Å². The fraction of sp³-hybridized carbons (Fsp3) is 0.900. The number of nitrogens with one attached hydrogen (secondary N) is 1. The molecule has 0 aliphatic heterocycles. The second kappa shape index (κ2) is 5.98. The van der Waals surface area contributed by atoms with Gasteiger partial charge in [0.15, 0.2) is 0 Å². The summed E-state index contributed by atoms with van der Waals surface area (Å²) in [5, 5.41) is 0. The van der Waals surface area contributed by atoms with Gasteiger partial charge in [0, 0.05) is 6.42 Å². The molecule has 0 saturated carbocycles. The molecule has 84 valence electrons. The molecular formula is C10H23N3O. The van der Waals surface area contributed by atoms with Crippen LogP contribution in [-0.2, 0) is 4.79 Å². The highest BCUT2D eigenvalue weighted by atomic mass is 16.2. The van der Waals surface area contributed by atoms with Crippen LogP contribution in [0.5, 0.6) is 0 Å². The number of carbonyl (C=O) groups excluding carboxylic acids is 1. The molecule has 0 radical (unpaired) electrons. The Hall–Kier alpha value is -0.610. The third kappa shape index (κ3) is 5.19. The van der Waals surface area contributed by atoms with E-state index in [2.05, 4.69) is 26.2 Å². The van der Waals surface area contributed by atoms with Crippen LogP contribution in [0, 0.1) is 11.3 Å². The number of carbonyl (C=O) groups is 1. The van der Waals surface area contributed by atoms with E-state index in [1.54, 1.807) is 0 Å². The summed E-state index contributed by atoms with van der Waals surface area (Å²) in [6.07, 6.45) is 2.30. The van der Waals surface area contributed by atoms with Crippen molar-refractivity contribution in [2.45, 2.75) is 40.0 Å². The molecule has 5 N–H and O–H groups in total. The fourth-order valence-electron chi connectivity index (χ4n) is 1.59. The van der Waals surface area contributed by atoms with Gasteiger partial charge in [0.2, 0.25) is 5.91 Å². The van der Waals surface area contributed by atoms with Gasteiger partial charge in [-0.1, -0.05) is 20.8 Å². The average Bonchev–Trinajstić information content (AvgIpc) is 2.09. The Morgan fingerprint density at radius 2 is 1.93 bits per heavy atom. The summed E-state index contributed by atoms with van der Waals surface area (Å²) in [4.78, 5) is 11.0. The summed E-state index contributed by atoms with van der Waals surface area (Å²) < 4.78 is 0. The zero-order valence-corrected chi connectivity index (χ0v) is 9.47. The van der Waals surface area contributed by atoms with E-state index in [9.17, 15) is 4.79 Å². The molecule has 0 fully saturated rings. The van der Waals surface area contributed by atoms with Crippen LogP contribution >= 0.6 is 0 Å². The Morgan fingerprint density at radius 1 is 1.36 bits per heavy atom. The van der Waals surface area contributed by atoms with Gasteiger partial charge in [0.1, 0.15) is 0 Å². The molecule has 1 atom stereocenters. The van der Waals surface area contributed by atoms with Crippen molar-refractivity contribution in [2.75, 3.05) is 6.54 Å². The zero-order chi connectivity index (χ0) is 11.2. The maximum absolute atomic E-state index is 11.0. The Labute approximate surface area is 86.4 Å². The molecule has 0 aromatic carbocycles. The summed E-state index contributed by atoms with van der Waals surface area (Å²) in [5.74, 6) is 5.39. The number of hydrazine groups is 1. The average molecular weight is 201 g/mol.